The fourth-order valence-corrected chi connectivity index (χ4v) is 3.51. The summed E-state index contributed by atoms with van der Waals surface area (Å²) in [5.41, 5.74) is -0.0551. The smallest absolute Gasteiger partial charge is 0.408 e. The van der Waals surface area contributed by atoms with Gasteiger partial charge in [-0.2, -0.15) is 0 Å². The minimum Gasteiger partial charge on any atom is -0.481 e. The number of carboxylic acids is 1. The Balaban J connectivity index is 2.21. The number of likely N-dealkylation sites (tertiary alicyclic amines) is 1. The minimum atomic E-state index is -1.40. The Morgan fingerprint density at radius 1 is 1.15 bits per heavy atom. The molecule has 0 aliphatic carbocycles. The lowest BCUT2D eigenvalue weighted by molar-refractivity contribution is -0.144. The number of ether oxygens (including phenoxy) is 1. The molecule has 3 atom stereocenters. The summed E-state index contributed by atoms with van der Waals surface area (Å²) < 4.78 is 5.24. The summed E-state index contributed by atoms with van der Waals surface area (Å²) in [7, 11) is 0. The average molecular weight is 461 g/mol. The van der Waals surface area contributed by atoms with Crippen LogP contribution in [0.3, 0.4) is 0 Å². The van der Waals surface area contributed by atoms with E-state index in [-0.39, 0.29) is 13.0 Å². The van der Waals surface area contributed by atoms with Crippen LogP contribution < -0.4 is 10.6 Å². The van der Waals surface area contributed by atoms with Gasteiger partial charge in [-0.15, -0.1) is 0 Å². The molecular weight excluding hydrogens is 430 g/mol. The van der Waals surface area contributed by atoms with E-state index in [1.807, 2.05) is 0 Å². The van der Waals surface area contributed by atoms with Crippen LogP contribution in [0.4, 0.5) is 4.79 Å². The molecule has 0 aromatic heterocycles. The number of alkyl carbamates (subject to hydrolysis) is 1. The molecule has 1 saturated heterocycles. The first-order chi connectivity index (χ1) is 15.5. The van der Waals surface area contributed by atoms with Crippen LogP contribution >= 0.6 is 0 Å². The van der Waals surface area contributed by atoms with E-state index in [0.717, 1.165) is 5.56 Å². The maximum absolute atomic E-state index is 13.1. The van der Waals surface area contributed by atoms with Crippen LogP contribution in [0.15, 0.2) is 30.3 Å². The van der Waals surface area contributed by atoms with Crippen molar-refractivity contribution in [1.82, 2.24) is 15.5 Å². The van der Waals surface area contributed by atoms with Gasteiger partial charge in [0.2, 0.25) is 18.1 Å². The fraction of sp³-hybridized carbons (Fsp3) is 0.522. The van der Waals surface area contributed by atoms with Gasteiger partial charge < -0.3 is 25.4 Å². The van der Waals surface area contributed by atoms with E-state index >= 15 is 0 Å². The molecule has 1 aliphatic heterocycles. The van der Waals surface area contributed by atoms with Crippen molar-refractivity contribution in [1.29, 1.82) is 0 Å². The second-order valence-electron chi connectivity index (χ2n) is 8.86. The molecule has 33 heavy (non-hydrogen) atoms. The average Bonchev–Trinajstić information content (AvgIpc) is 3.20. The van der Waals surface area contributed by atoms with Gasteiger partial charge >= 0.3 is 12.1 Å². The highest BCUT2D eigenvalue weighted by atomic mass is 16.6. The van der Waals surface area contributed by atoms with E-state index in [0.29, 0.717) is 12.8 Å². The predicted octanol–water partition coefficient (Wildman–Crippen LogP) is 1.18. The van der Waals surface area contributed by atoms with Gasteiger partial charge in [-0.05, 0) is 39.2 Å². The molecule has 1 aromatic carbocycles. The quantitative estimate of drug-likeness (QED) is 0.502. The molecule has 1 aliphatic rings. The van der Waals surface area contributed by atoms with Crippen molar-refractivity contribution in [3.8, 4) is 0 Å². The zero-order chi connectivity index (χ0) is 24.6. The SMILES string of the molecule is CC(C)(C)OC(=O)N[C@H](Cc1ccccc1)C(=O)N[C@@H](CC(=O)O)C(=O)N1CCC[C@H]1[C]=O. The van der Waals surface area contributed by atoms with Crippen LogP contribution in [0, 0.1) is 0 Å². The standard InChI is InChI=1S/C23H30N3O7/c1-23(2,3)33-22(32)25-17(12-15-8-5-4-6-9-15)20(30)24-18(13-19(28)29)21(31)26-11-7-10-16(26)14-27/h4-6,8-9,16-18H,7,10-13H2,1-3H3,(H,24,30)(H,25,32)(H,28,29)/t16-,17+,18-/m0/s1. The zero-order valence-corrected chi connectivity index (χ0v) is 19.0. The van der Waals surface area contributed by atoms with E-state index < -0.39 is 54.0 Å². The molecule has 3 N–H and O–H groups in total. The van der Waals surface area contributed by atoms with Crippen LogP contribution in [0.25, 0.3) is 0 Å². The van der Waals surface area contributed by atoms with Crippen molar-refractivity contribution in [2.45, 2.75) is 70.2 Å². The highest BCUT2D eigenvalue weighted by molar-refractivity contribution is 5.94. The molecule has 2 rings (SSSR count). The molecule has 0 saturated carbocycles. The Kier molecular flexibility index (Phi) is 8.95. The third-order valence-electron chi connectivity index (χ3n) is 4.96. The molecule has 10 nitrogen and oxygen atoms in total. The normalized spacial score (nSPS) is 17.5. The third kappa shape index (κ3) is 8.21. The van der Waals surface area contributed by atoms with Crippen molar-refractivity contribution in [2.24, 2.45) is 0 Å². The van der Waals surface area contributed by atoms with Gasteiger partial charge in [0.15, 0.2) is 0 Å². The molecule has 1 fully saturated rings. The first-order valence-electron chi connectivity index (χ1n) is 10.7. The van der Waals surface area contributed by atoms with Crippen LogP contribution in [-0.2, 0) is 30.3 Å². The lowest BCUT2D eigenvalue weighted by Crippen LogP contribution is -2.56. The van der Waals surface area contributed by atoms with E-state index in [1.54, 1.807) is 57.4 Å². The number of carbonyl (C=O) groups excluding carboxylic acids is 4. The molecule has 1 heterocycles. The van der Waals surface area contributed by atoms with Gasteiger partial charge in [0.1, 0.15) is 17.7 Å². The van der Waals surface area contributed by atoms with Gasteiger partial charge in [0, 0.05) is 13.0 Å². The summed E-state index contributed by atoms with van der Waals surface area (Å²) in [5, 5.41) is 14.2. The van der Waals surface area contributed by atoms with Crippen molar-refractivity contribution in [3.05, 3.63) is 35.9 Å². The number of rotatable bonds is 9. The molecular formula is C23H30N3O7. The van der Waals surface area contributed by atoms with Crippen LogP contribution in [0.5, 0.6) is 0 Å². The van der Waals surface area contributed by atoms with E-state index in [1.165, 1.54) is 4.90 Å². The number of nitrogens with zero attached hydrogens (tertiary/aromatic N) is 1. The first-order valence-corrected chi connectivity index (χ1v) is 10.7. The van der Waals surface area contributed by atoms with Gasteiger partial charge in [-0.25, -0.2) is 4.79 Å². The monoisotopic (exact) mass is 460 g/mol. The molecule has 3 amide bonds. The Labute approximate surface area is 192 Å². The van der Waals surface area contributed by atoms with Gasteiger partial charge in [-0.3, -0.25) is 19.2 Å². The molecule has 1 radical (unpaired) electrons. The summed E-state index contributed by atoms with van der Waals surface area (Å²) in [5.74, 6) is -2.71. The number of carbonyl (C=O) groups is 4. The van der Waals surface area contributed by atoms with Crippen molar-refractivity contribution < 1.29 is 33.8 Å². The highest BCUT2D eigenvalue weighted by Crippen LogP contribution is 2.18. The first kappa shape index (κ1) is 25.8. The number of benzene rings is 1. The van der Waals surface area contributed by atoms with Crippen LogP contribution in [-0.4, -0.2) is 70.4 Å². The van der Waals surface area contributed by atoms with Crippen LogP contribution in [0.1, 0.15) is 45.6 Å². The van der Waals surface area contributed by atoms with E-state index in [2.05, 4.69) is 10.6 Å². The highest BCUT2D eigenvalue weighted by Gasteiger charge is 2.36. The Hall–Kier alpha value is -3.43. The van der Waals surface area contributed by atoms with Gasteiger partial charge in [-0.1, -0.05) is 30.3 Å². The number of hydrogen-bond acceptors (Lipinski definition) is 6. The molecule has 0 unspecified atom stereocenters. The second-order valence-corrected chi connectivity index (χ2v) is 8.86. The van der Waals surface area contributed by atoms with E-state index in [4.69, 9.17) is 4.74 Å². The number of hydrogen-bond donors (Lipinski definition) is 3. The summed E-state index contributed by atoms with van der Waals surface area (Å²) in [6, 6.07) is 5.59. The van der Waals surface area contributed by atoms with Gasteiger partial charge in [0.25, 0.3) is 0 Å². The Morgan fingerprint density at radius 2 is 1.82 bits per heavy atom. The summed E-state index contributed by atoms with van der Waals surface area (Å²) in [4.78, 5) is 62.1. The topological polar surface area (TPSA) is 142 Å². The predicted molar refractivity (Wildman–Crippen MR) is 118 cm³/mol. The number of amides is 3. The molecule has 0 spiro atoms. The van der Waals surface area contributed by atoms with Crippen LogP contribution in [0.2, 0.25) is 0 Å². The largest absolute Gasteiger partial charge is 0.481 e. The third-order valence-corrected chi connectivity index (χ3v) is 4.96. The number of carboxylic acid groups (broad SMARTS) is 1. The Bertz CT molecular complexity index is 867. The zero-order valence-electron chi connectivity index (χ0n) is 19.0. The van der Waals surface area contributed by atoms with Crippen molar-refractivity contribution >= 4 is 30.2 Å². The van der Waals surface area contributed by atoms with Gasteiger partial charge in [0.05, 0.1) is 12.5 Å². The lowest BCUT2D eigenvalue weighted by Gasteiger charge is -2.28. The summed E-state index contributed by atoms with van der Waals surface area (Å²) in [6.45, 7) is 5.30. The summed E-state index contributed by atoms with van der Waals surface area (Å²) in [6.07, 6.45) is 1.39. The lowest BCUT2D eigenvalue weighted by atomic mass is 10.0. The minimum absolute atomic E-state index is 0.0916. The molecule has 179 valence electrons. The number of aliphatic carboxylic acids is 1. The maximum Gasteiger partial charge on any atom is 0.408 e. The second kappa shape index (κ2) is 11.4. The van der Waals surface area contributed by atoms with E-state index in [9.17, 15) is 29.1 Å². The van der Waals surface area contributed by atoms with Crippen molar-refractivity contribution in [2.75, 3.05) is 6.54 Å². The summed E-state index contributed by atoms with van der Waals surface area (Å²) >= 11 is 0. The fourth-order valence-electron chi connectivity index (χ4n) is 3.51. The number of nitrogens with one attached hydrogen (secondary N) is 2. The maximum atomic E-state index is 13.1. The molecule has 1 aromatic rings. The molecule has 0 bridgehead atoms. The molecule has 10 heteroatoms. The van der Waals surface area contributed by atoms with Crippen molar-refractivity contribution in [3.63, 3.8) is 0 Å². The Morgan fingerprint density at radius 3 is 2.39 bits per heavy atom.